The Balaban J connectivity index is 1.44. The van der Waals surface area contributed by atoms with Crippen LogP contribution in [0.25, 0.3) is 0 Å². The Morgan fingerprint density at radius 3 is 2.48 bits per heavy atom. The molecule has 1 aromatic carbocycles. The Labute approximate surface area is 171 Å². The summed E-state index contributed by atoms with van der Waals surface area (Å²) in [5.74, 6) is 1.41. The van der Waals surface area contributed by atoms with Gasteiger partial charge in [0.15, 0.2) is 0 Å². The Hall–Kier alpha value is -1.36. The van der Waals surface area contributed by atoms with E-state index in [9.17, 15) is 4.79 Å². The molecule has 1 saturated carbocycles. The van der Waals surface area contributed by atoms with Crippen LogP contribution in [0.3, 0.4) is 0 Å². The van der Waals surface area contributed by atoms with E-state index in [-0.39, 0.29) is 5.91 Å². The zero-order chi connectivity index (χ0) is 19.2. The average Bonchev–Trinajstić information content (AvgIpc) is 3.17. The van der Waals surface area contributed by atoms with E-state index in [4.69, 9.17) is 11.6 Å². The molecule has 1 amide bonds. The van der Waals surface area contributed by atoms with Crippen LogP contribution >= 0.6 is 22.9 Å². The first-order chi connectivity index (χ1) is 13.0. The standard InChI is InChI=1S/C22H29ClN2OS/c1-25(2)22(20-4-3-13-27-20)18-9-5-17(6-10-18)15-24-21(26)14-16-7-11-19(23)12-8-16/h3-4,7-8,11-13,17-18,22H,5-6,9-10,14-15H2,1-2H3,(H,24,26). The second-order valence-corrected chi connectivity index (χ2v) is 9.23. The first-order valence-electron chi connectivity index (χ1n) is 9.74. The van der Waals surface area contributed by atoms with Gasteiger partial charge in [0, 0.05) is 22.5 Å². The second-order valence-electron chi connectivity index (χ2n) is 7.81. The van der Waals surface area contributed by atoms with Crippen molar-refractivity contribution in [1.82, 2.24) is 10.2 Å². The zero-order valence-corrected chi connectivity index (χ0v) is 17.7. The van der Waals surface area contributed by atoms with Gasteiger partial charge in [-0.2, -0.15) is 0 Å². The summed E-state index contributed by atoms with van der Waals surface area (Å²) in [6, 6.07) is 12.4. The minimum atomic E-state index is 0.101. The molecule has 0 aliphatic heterocycles. The van der Waals surface area contributed by atoms with Crippen LogP contribution in [0.4, 0.5) is 0 Å². The Morgan fingerprint density at radius 1 is 1.19 bits per heavy atom. The molecular weight excluding hydrogens is 376 g/mol. The molecule has 5 heteroatoms. The smallest absolute Gasteiger partial charge is 0.224 e. The number of halogens is 1. The topological polar surface area (TPSA) is 32.3 Å². The first-order valence-corrected chi connectivity index (χ1v) is 11.0. The fourth-order valence-electron chi connectivity index (χ4n) is 4.18. The lowest BCUT2D eigenvalue weighted by atomic mass is 9.77. The van der Waals surface area contributed by atoms with Gasteiger partial charge in [0.05, 0.1) is 6.42 Å². The quantitative estimate of drug-likeness (QED) is 0.690. The molecule has 0 bridgehead atoms. The number of carbonyl (C=O) groups is 1. The molecule has 0 spiro atoms. The Bertz CT molecular complexity index is 706. The highest BCUT2D eigenvalue weighted by atomic mass is 35.5. The number of nitrogens with zero attached hydrogens (tertiary/aromatic N) is 1. The minimum Gasteiger partial charge on any atom is -0.356 e. The van der Waals surface area contributed by atoms with Crippen molar-refractivity contribution in [3.8, 4) is 0 Å². The largest absolute Gasteiger partial charge is 0.356 e. The first kappa shape index (κ1) is 20.4. The Kier molecular flexibility index (Phi) is 7.33. The summed E-state index contributed by atoms with van der Waals surface area (Å²) in [4.78, 5) is 16.0. The maximum absolute atomic E-state index is 12.2. The van der Waals surface area contributed by atoms with Crippen LogP contribution in [0.15, 0.2) is 41.8 Å². The van der Waals surface area contributed by atoms with Gasteiger partial charge in [0.25, 0.3) is 0 Å². The average molecular weight is 405 g/mol. The van der Waals surface area contributed by atoms with Gasteiger partial charge in [-0.15, -0.1) is 11.3 Å². The Morgan fingerprint density at radius 2 is 1.89 bits per heavy atom. The van der Waals surface area contributed by atoms with Crippen molar-refractivity contribution in [1.29, 1.82) is 0 Å². The van der Waals surface area contributed by atoms with Crippen LogP contribution in [0.1, 0.15) is 42.2 Å². The van der Waals surface area contributed by atoms with Crippen LogP contribution in [0.2, 0.25) is 5.02 Å². The number of nitrogens with one attached hydrogen (secondary N) is 1. The fourth-order valence-corrected chi connectivity index (χ4v) is 5.32. The molecule has 1 aromatic heterocycles. The highest BCUT2D eigenvalue weighted by Crippen LogP contribution is 2.40. The van der Waals surface area contributed by atoms with E-state index in [2.05, 4.69) is 41.8 Å². The van der Waals surface area contributed by atoms with Crippen molar-refractivity contribution in [3.63, 3.8) is 0 Å². The molecule has 2 aromatic rings. The minimum absolute atomic E-state index is 0.101. The van der Waals surface area contributed by atoms with Gasteiger partial charge in [-0.1, -0.05) is 29.8 Å². The van der Waals surface area contributed by atoms with E-state index >= 15 is 0 Å². The van der Waals surface area contributed by atoms with Gasteiger partial charge in [-0.05, 0) is 80.8 Å². The van der Waals surface area contributed by atoms with Crippen molar-refractivity contribution in [2.45, 2.75) is 38.1 Å². The molecule has 1 atom stereocenters. The maximum atomic E-state index is 12.2. The number of benzene rings is 1. The third-order valence-corrected chi connectivity index (χ3v) is 6.79. The molecule has 1 unspecified atom stereocenters. The zero-order valence-electron chi connectivity index (χ0n) is 16.2. The number of carbonyl (C=O) groups excluding carboxylic acids is 1. The summed E-state index contributed by atoms with van der Waals surface area (Å²) in [6.45, 7) is 0.796. The third-order valence-electron chi connectivity index (χ3n) is 5.59. The van der Waals surface area contributed by atoms with Crippen molar-refractivity contribution < 1.29 is 4.79 Å². The number of hydrogen-bond acceptors (Lipinski definition) is 3. The molecular formula is C22H29ClN2OS. The van der Waals surface area contributed by atoms with Crippen molar-refractivity contribution >= 4 is 28.8 Å². The van der Waals surface area contributed by atoms with E-state index in [1.165, 1.54) is 30.6 Å². The van der Waals surface area contributed by atoms with Crippen LogP contribution in [-0.2, 0) is 11.2 Å². The lowest BCUT2D eigenvalue weighted by Crippen LogP contribution is -2.34. The molecule has 0 radical (unpaired) electrons. The van der Waals surface area contributed by atoms with Crippen LogP contribution < -0.4 is 5.32 Å². The van der Waals surface area contributed by atoms with Gasteiger partial charge < -0.3 is 10.2 Å². The van der Waals surface area contributed by atoms with Gasteiger partial charge in [0.1, 0.15) is 0 Å². The predicted molar refractivity (Wildman–Crippen MR) is 114 cm³/mol. The number of thiophene rings is 1. The van der Waals surface area contributed by atoms with Crippen molar-refractivity contribution in [3.05, 3.63) is 57.2 Å². The molecule has 27 heavy (non-hydrogen) atoms. The van der Waals surface area contributed by atoms with E-state index in [1.54, 1.807) is 0 Å². The molecule has 0 saturated heterocycles. The molecule has 3 rings (SSSR count). The molecule has 1 aliphatic rings. The molecule has 1 fully saturated rings. The summed E-state index contributed by atoms with van der Waals surface area (Å²) >= 11 is 7.76. The molecule has 146 valence electrons. The second kappa shape index (κ2) is 9.72. The molecule has 3 nitrogen and oxygen atoms in total. The number of rotatable bonds is 7. The highest BCUT2D eigenvalue weighted by molar-refractivity contribution is 7.10. The summed E-state index contributed by atoms with van der Waals surface area (Å²) < 4.78 is 0. The lowest BCUT2D eigenvalue weighted by Gasteiger charge is -2.37. The van der Waals surface area contributed by atoms with Crippen LogP contribution in [0.5, 0.6) is 0 Å². The number of amides is 1. The summed E-state index contributed by atoms with van der Waals surface area (Å²) in [5, 5.41) is 6.01. The van der Waals surface area contributed by atoms with Crippen LogP contribution in [-0.4, -0.2) is 31.4 Å². The van der Waals surface area contributed by atoms with E-state index < -0.39 is 0 Å². The fraction of sp³-hybridized carbons (Fsp3) is 0.500. The van der Waals surface area contributed by atoms with Gasteiger partial charge in [-0.3, -0.25) is 4.79 Å². The van der Waals surface area contributed by atoms with E-state index in [0.717, 1.165) is 12.1 Å². The van der Waals surface area contributed by atoms with E-state index in [1.807, 2.05) is 35.6 Å². The molecule has 1 heterocycles. The van der Waals surface area contributed by atoms with Crippen molar-refractivity contribution in [2.75, 3.05) is 20.6 Å². The monoisotopic (exact) mass is 404 g/mol. The molecule has 1 N–H and O–H groups in total. The summed E-state index contributed by atoms with van der Waals surface area (Å²) in [5.41, 5.74) is 1.00. The maximum Gasteiger partial charge on any atom is 0.224 e. The summed E-state index contributed by atoms with van der Waals surface area (Å²) in [6.07, 6.45) is 5.29. The van der Waals surface area contributed by atoms with E-state index in [0.29, 0.717) is 29.3 Å². The van der Waals surface area contributed by atoms with Crippen LogP contribution in [0, 0.1) is 11.8 Å². The van der Waals surface area contributed by atoms with Gasteiger partial charge in [-0.25, -0.2) is 0 Å². The highest BCUT2D eigenvalue weighted by Gasteiger charge is 2.30. The third kappa shape index (κ3) is 5.81. The van der Waals surface area contributed by atoms with Gasteiger partial charge >= 0.3 is 0 Å². The van der Waals surface area contributed by atoms with Crippen molar-refractivity contribution in [2.24, 2.45) is 11.8 Å². The SMILES string of the molecule is CN(C)C(c1cccs1)C1CCC(CNC(=O)Cc2ccc(Cl)cc2)CC1. The summed E-state index contributed by atoms with van der Waals surface area (Å²) in [7, 11) is 4.38. The lowest BCUT2D eigenvalue weighted by molar-refractivity contribution is -0.120. The normalized spacial score (nSPS) is 21.2. The predicted octanol–water partition coefficient (Wildman–Crippen LogP) is 5.17. The molecule has 1 aliphatic carbocycles. The van der Waals surface area contributed by atoms with Gasteiger partial charge in [0.2, 0.25) is 5.91 Å². The number of hydrogen-bond donors (Lipinski definition) is 1.